The van der Waals surface area contributed by atoms with Crippen molar-refractivity contribution in [3.05, 3.63) is 65.7 Å². The molecule has 0 saturated carbocycles. The molecule has 4 rings (SSSR count). The Hall–Kier alpha value is -2.12. The second-order valence-corrected chi connectivity index (χ2v) is 10.3. The van der Waals surface area contributed by atoms with E-state index in [0.717, 1.165) is 22.6 Å². The van der Waals surface area contributed by atoms with E-state index in [-0.39, 0.29) is 12.3 Å². The van der Waals surface area contributed by atoms with Crippen LogP contribution in [0, 0.1) is 5.92 Å². The number of hydrogen-bond acceptors (Lipinski definition) is 5. The Kier molecular flexibility index (Phi) is 5.79. The lowest BCUT2D eigenvalue weighted by Crippen LogP contribution is -2.55. The number of carbonyl (C=O) groups is 2. The minimum absolute atomic E-state index is 0.0100. The fourth-order valence-electron chi connectivity index (χ4n) is 4.30. The molecule has 1 amide bonds. The molecule has 0 aliphatic carbocycles. The van der Waals surface area contributed by atoms with E-state index in [9.17, 15) is 14.7 Å². The zero-order chi connectivity index (χ0) is 20.4. The van der Waals surface area contributed by atoms with Crippen LogP contribution in [-0.2, 0) is 16.1 Å². The van der Waals surface area contributed by atoms with Gasteiger partial charge in [0.25, 0.3) is 0 Å². The molecule has 2 aliphatic rings. The average Bonchev–Trinajstić information content (AvgIpc) is 3.18. The third-order valence-corrected chi connectivity index (χ3v) is 9.09. The van der Waals surface area contributed by atoms with Crippen molar-refractivity contribution >= 4 is 35.4 Å². The van der Waals surface area contributed by atoms with E-state index >= 15 is 0 Å². The number of aliphatic carboxylic acids is 1. The van der Waals surface area contributed by atoms with Gasteiger partial charge in [-0.3, -0.25) is 9.59 Å². The summed E-state index contributed by atoms with van der Waals surface area (Å²) in [6.45, 7) is 0.373. The number of thioether (sulfide) groups is 2. The summed E-state index contributed by atoms with van der Waals surface area (Å²) >= 11 is 3.24. The summed E-state index contributed by atoms with van der Waals surface area (Å²) in [6.07, 6.45) is 0.234. The molecule has 7 heteroatoms. The Morgan fingerprint density at radius 2 is 1.79 bits per heavy atom. The number of methoxy groups -OCH3 is 1. The van der Waals surface area contributed by atoms with Gasteiger partial charge in [-0.15, -0.1) is 23.5 Å². The number of carboxylic acids is 1. The van der Waals surface area contributed by atoms with E-state index in [0.29, 0.717) is 12.3 Å². The molecule has 2 aromatic carbocycles. The summed E-state index contributed by atoms with van der Waals surface area (Å²) in [5.74, 6) is 0.730. The first kappa shape index (κ1) is 20.2. The number of rotatable bonds is 5. The van der Waals surface area contributed by atoms with Gasteiger partial charge in [-0.25, -0.2) is 0 Å². The second-order valence-electron chi connectivity index (χ2n) is 7.20. The summed E-state index contributed by atoms with van der Waals surface area (Å²) in [5, 5.41) is 10.3. The third-order valence-electron chi connectivity index (χ3n) is 5.54. The van der Waals surface area contributed by atoms with Crippen LogP contribution < -0.4 is 4.74 Å². The highest BCUT2D eigenvalue weighted by Gasteiger charge is 2.58. The Bertz CT molecular complexity index is 899. The molecule has 2 atom stereocenters. The maximum Gasteiger partial charge on any atom is 0.311 e. The molecule has 0 bridgehead atoms. The van der Waals surface area contributed by atoms with E-state index in [1.54, 1.807) is 35.5 Å². The lowest BCUT2D eigenvalue weighted by Gasteiger charge is -2.48. The number of amides is 1. The van der Waals surface area contributed by atoms with Gasteiger partial charge in [0, 0.05) is 23.6 Å². The molecule has 2 saturated heterocycles. The first-order valence-electron chi connectivity index (χ1n) is 9.53. The van der Waals surface area contributed by atoms with Crippen molar-refractivity contribution in [1.29, 1.82) is 0 Å². The van der Waals surface area contributed by atoms with Crippen LogP contribution in [0.5, 0.6) is 5.75 Å². The van der Waals surface area contributed by atoms with Gasteiger partial charge in [-0.05, 0) is 11.6 Å². The second kappa shape index (κ2) is 8.32. The predicted molar refractivity (Wildman–Crippen MR) is 116 cm³/mol. The molecule has 152 valence electrons. The molecule has 0 radical (unpaired) electrons. The molecule has 0 unspecified atom stereocenters. The van der Waals surface area contributed by atoms with Crippen molar-refractivity contribution in [2.24, 2.45) is 5.92 Å². The molecule has 2 aromatic rings. The highest BCUT2D eigenvalue weighted by atomic mass is 32.2. The SMILES string of the molecule is COc1ccccc1[C@H]1[C@H](C(=O)O)C2(CC(=O)N1Cc1ccccc1)SCCS2. The maximum absolute atomic E-state index is 13.4. The number of hydrogen-bond donors (Lipinski definition) is 1. The molecule has 0 aromatic heterocycles. The summed E-state index contributed by atoms with van der Waals surface area (Å²) in [5.41, 5.74) is 1.73. The number of carbonyl (C=O) groups excluding carboxylic acids is 1. The number of likely N-dealkylation sites (tertiary alicyclic amines) is 1. The lowest BCUT2D eigenvalue weighted by atomic mass is 9.82. The van der Waals surface area contributed by atoms with Crippen LogP contribution in [0.3, 0.4) is 0 Å². The number of para-hydroxylation sites is 1. The molecule has 2 aliphatic heterocycles. The topological polar surface area (TPSA) is 66.8 Å². The number of carboxylic acid groups (broad SMARTS) is 1. The normalized spacial score (nSPS) is 23.3. The monoisotopic (exact) mass is 429 g/mol. The van der Waals surface area contributed by atoms with E-state index in [2.05, 4.69) is 0 Å². The van der Waals surface area contributed by atoms with Gasteiger partial charge < -0.3 is 14.7 Å². The van der Waals surface area contributed by atoms with Crippen molar-refractivity contribution in [3.63, 3.8) is 0 Å². The van der Waals surface area contributed by atoms with Crippen molar-refractivity contribution in [1.82, 2.24) is 4.90 Å². The number of benzene rings is 2. The van der Waals surface area contributed by atoms with Crippen molar-refractivity contribution in [2.75, 3.05) is 18.6 Å². The van der Waals surface area contributed by atoms with Crippen LogP contribution in [0.4, 0.5) is 0 Å². The molecule has 1 spiro atoms. The Labute approximate surface area is 178 Å². The van der Waals surface area contributed by atoms with Gasteiger partial charge >= 0.3 is 5.97 Å². The summed E-state index contributed by atoms with van der Waals surface area (Å²) in [6, 6.07) is 16.6. The van der Waals surface area contributed by atoms with Crippen LogP contribution >= 0.6 is 23.5 Å². The zero-order valence-corrected chi connectivity index (χ0v) is 17.7. The molecule has 1 N–H and O–H groups in total. The van der Waals surface area contributed by atoms with Crippen LogP contribution in [0.1, 0.15) is 23.6 Å². The molecule has 2 heterocycles. The van der Waals surface area contributed by atoms with E-state index < -0.39 is 22.0 Å². The lowest BCUT2D eigenvalue weighted by molar-refractivity contribution is -0.152. The van der Waals surface area contributed by atoms with Gasteiger partial charge in [0.15, 0.2) is 0 Å². The Morgan fingerprint density at radius 1 is 1.14 bits per heavy atom. The predicted octanol–water partition coefficient (Wildman–Crippen LogP) is 4.05. The van der Waals surface area contributed by atoms with Gasteiger partial charge in [-0.1, -0.05) is 48.5 Å². The van der Waals surface area contributed by atoms with Crippen LogP contribution in [0.2, 0.25) is 0 Å². The van der Waals surface area contributed by atoms with Gasteiger partial charge in [-0.2, -0.15) is 0 Å². The fourth-order valence-corrected chi connectivity index (χ4v) is 7.76. The maximum atomic E-state index is 13.4. The number of nitrogens with zero attached hydrogens (tertiary/aromatic N) is 1. The first-order valence-corrected chi connectivity index (χ1v) is 11.5. The molecule has 29 heavy (non-hydrogen) atoms. The smallest absolute Gasteiger partial charge is 0.311 e. The van der Waals surface area contributed by atoms with Crippen molar-refractivity contribution < 1.29 is 19.4 Å². The summed E-state index contributed by atoms with van der Waals surface area (Å²) in [7, 11) is 1.58. The van der Waals surface area contributed by atoms with Crippen LogP contribution in [0.25, 0.3) is 0 Å². The van der Waals surface area contributed by atoms with E-state index in [4.69, 9.17) is 4.74 Å². The first-order chi connectivity index (χ1) is 14.1. The van der Waals surface area contributed by atoms with Gasteiger partial charge in [0.2, 0.25) is 5.91 Å². The highest BCUT2D eigenvalue weighted by molar-refractivity contribution is 8.21. The third kappa shape index (κ3) is 3.73. The Balaban J connectivity index is 1.84. The minimum atomic E-state index is -0.867. The van der Waals surface area contributed by atoms with Crippen LogP contribution in [0.15, 0.2) is 54.6 Å². The standard InChI is InChI=1S/C22H23NO4S2/c1-27-17-10-6-5-9-16(17)20-19(21(25)26)22(28-11-12-29-22)13-18(24)23(20)14-15-7-3-2-4-8-15/h2-10,19-20H,11-14H2,1H3,(H,25,26)/t19-,20+/m1/s1. The summed E-state index contributed by atoms with van der Waals surface area (Å²) < 4.78 is 4.93. The molecule has 5 nitrogen and oxygen atoms in total. The van der Waals surface area contributed by atoms with Crippen molar-refractivity contribution in [3.8, 4) is 5.75 Å². The molecular weight excluding hydrogens is 406 g/mol. The van der Waals surface area contributed by atoms with Gasteiger partial charge in [0.05, 0.1) is 23.7 Å². The number of ether oxygens (including phenoxy) is 1. The van der Waals surface area contributed by atoms with Crippen LogP contribution in [-0.4, -0.2) is 44.6 Å². The highest BCUT2D eigenvalue weighted by Crippen LogP contribution is 2.59. The average molecular weight is 430 g/mol. The Morgan fingerprint density at radius 3 is 2.45 bits per heavy atom. The minimum Gasteiger partial charge on any atom is -0.496 e. The fraction of sp³-hybridized carbons (Fsp3) is 0.364. The number of piperidine rings is 1. The van der Waals surface area contributed by atoms with Crippen molar-refractivity contribution in [2.45, 2.75) is 23.1 Å². The molecular formula is C22H23NO4S2. The van der Waals surface area contributed by atoms with E-state index in [1.807, 2.05) is 54.6 Å². The van der Waals surface area contributed by atoms with Gasteiger partial charge in [0.1, 0.15) is 11.7 Å². The zero-order valence-electron chi connectivity index (χ0n) is 16.1. The largest absolute Gasteiger partial charge is 0.496 e. The quantitative estimate of drug-likeness (QED) is 0.774. The van der Waals surface area contributed by atoms with E-state index in [1.165, 1.54) is 0 Å². The molecule has 2 fully saturated rings. The summed E-state index contributed by atoms with van der Waals surface area (Å²) in [4.78, 5) is 27.7.